The highest BCUT2D eigenvalue weighted by Crippen LogP contribution is 2.36. The predicted octanol–water partition coefficient (Wildman–Crippen LogP) is 3.22. The topological polar surface area (TPSA) is 45.5 Å². The van der Waals surface area contributed by atoms with Gasteiger partial charge in [-0.2, -0.15) is 0 Å². The summed E-state index contributed by atoms with van der Waals surface area (Å²) < 4.78 is 5.95. The number of nitrogens with one attached hydrogen (secondary N) is 1. The fourth-order valence-corrected chi connectivity index (χ4v) is 3.14. The molecule has 0 radical (unpaired) electrons. The lowest BCUT2D eigenvalue weighted by Gasteiger charge is -2.12. The zero-order valence-electron chi connectivity index (χ0n) is 12.8. The van der Waals surface area contributed by atoms with E-state index in [9.17, 15) is 4.79 Å². The maximum Gasteiger partial charge on any atom is 0.244 e. The molecule has 2 heterocycles. The van der Waals surface area contributed by atoms with E-state index in [2.05, 4.69) is 17.3 Å². The second-order valence-electron chi connectivity index (χ2n) is 5.56. The largest absolute Gasteiger partial charge is 0.456 e. The van der Waals surface area contributed by atoms with Crippen molar-refractivity contribution in [2.24, 2.45) is 0 Å². The maximum atomic E-state index is 11.6. The number of amides is 1. The Hall–Kier alpha value is -1.78. The van der Waals surface area contributed by atoms with Crippen LogP contribution in [0.5, 0.6) is 0 Å². The number of carbonyl (C=O) groups excluding carboxylic acids is 1. The molecule has 3 rings (SSSR count). The minimum Gasteiger partial charge on any atom is -0.456 e. The van der Waals surface area contributed by atoms with Crippen molar-refractivity contribution < 1.29 is 9.21 Å². The molecule has 5 heteroatoms. The van der Waals surface area contributed by atoms with Crippen molar-refractivity contribution in [1.82, 2.24) is 10.2 Å². The van der Waals surface area contributed by atoms with Gasteiger partial charge in [-0.15, -0.1) is 0 Å². The van der Waals surface area contributed by atoms with Crippen LogP contribution < -0.4 is 5.32 Å². The summed E-state index contributed by atoms with van der Waals surface area (Å²) >= 11 is 6.37. The van der Waals surface area contributed by atoms with Gasteiger partial charge in [-0.05, 0) is 44.2 Å². The molecule has 1 amide bonds. The fraction of sp³-hybridized carbons (Fsp3) is 0.353. The molecule has 1 aliphatic heterocycles. The predicted molar refractivity (Wildman–Crippen MR) is 89.0 cm³/mol. The van der Waals surface area contributed by atoms with Gasteiger partial charge >= 0.3 is 0 Å². The molecular formula is C17H19ClN2O2. The van der Waals surface area contributed by atoms with Gasteiger partial charge in [0.1, 0.15) is 11.3 Å². The standard InChI is InChI=1S/C17H19ClN2O2/c1-3-19-16(21)7-6-14-12-10-20(2)9-8-11-13(18)4-5-15(22-14)17(11)12/h4-7H,3,8-10H2,1-2H3,(H,19,21). The van der Waals surface area contributed by atoms with Crippen molar-refractivity contribution in [1.29, 1.82) is 0 Å². The lowest BCUT2D eigenvalue weighted by molar-refractivity contribution is -0.116. The van der Waals surface area contributed by atoms with Crippen LogP contribution in [0.3, 0.4) is 0 Å². The van der Waals surface area contributed by atoms with E-state index in [1.165, 1.54) is 6.08 Å². The molecule has 1 aromatic carbocycles. The minimum absolute atomic E-state index is 0.115. The van der Waals surface area contributed by atoms with Gasteiger partial charge in [-0.25, -0.2) is 0 Å². The number of halogens is 1. The monoisotopic (exact) mass is 318 g/mol. The smallest absolute Gasteiger partial charge is 0.244 e. The number of carbonyl (C=O) groups is 1. The van der Waals surface area contributed by atoms with Crippen LogP contribution >= 0.6 is 11.6 Å². The third kappa shape index (κ3) is 2.76. The van der Waals surface area contributed by atoms with E-state index in [0.29, 0.717) is 6.54 Å². The van der Waals surface area contributed by atoms with Crippen molar-refractivity contribution >= 4 is 34.6 Å². The van der Waals surface area contributed by atoms with Crippen molar-refractivity contribution in [2.75, 3.05) is 20.1 Å². The second kappa shape index (κ2) is 6.15. The Morgan fingerprint density at radius 3 is 3.05 bits per heavy atom. The van der Waals surface area contributed by atoms with E-state index < -0.39 is 0 Å². The number of benzene rings is 1. The van der Waals surface area contributed by atoms with Gasteiger partial charge < -0.3 is 14.6 Å². The minimum atomic E-state index is -0.115. The average Bonchev–Trinajstić information content (AvgIpc) is 2.71. The lowest BCUT2D eigenvalue weighted by atomic mass is 10.0. The van der Waals surface area contributed by atoms with Gasteiger partial charge in [0.2, 0.25) is 5.91 Å². The van der Waals surface area contributed by atoms with Crippen LogP contribution in [0.25, 0.3) is 17.0 Å². The van der Waals surface area contributed by atoms with Gasteiger partial charge in [-0.3, -0.25) is 4.79 Å². The van der Waals surface area contributed by atoms with Crippen LogP contribution in [-0.2, 0) is 17.8 Å². The van der Waals surface area contributed by atoms with E-state index in [-0.39, 0.29) is 5.91 Å². The first-order valence-electron chi connectivity index (χ1n) is 7.47. The third-order valence-electron chi connectivity index (χ3n) is 3.95. The molecule has 1 aromatic heterocycles. The Bertz CT molecular complexity index is 749. The molecule has 0 bridgehead atoms. The number of nitrogens with zero attached hydrogens (tertiary/aromatic N) is 1. The molecule has 1 N–H and O–H groups in total. The van der Waals surface area contributed by atoms with E-state index in [4.69, 9.17) is 16.0 Å². The van der Waals surface area contributed by atoms with Crippen molar-refractivity contribution in [3.8, 4) is 0 Å². The summed E-state index contributed by atoms with van der Waals surface area (Å²) in [5.74, 6) is 0.619. The molecule has 0 aliphatic carbocycles. The van der Waals surface area contributed by atoms with E-state index >= 15 is 0 Å². The average molecular weight is 319 g/mol. The zero-order valence-corrected chi connectivity index (χ0v) is 13.5. The van der Waals surface area contributed by atoms with Gasteiger partial charge in [0.15, 0.2) is 0 Å². The van der Waals surface area contributed by atoms with E-state index in [1.54, 1.807) is 6.08 Å². The molecular weight excluding hydrogens is 300 g/mol. The summed E-state index contributed by atoms with van der Waals surface area (Å²) in [5.41, 5.74) is 3.08. The molecule has 22 heavy (non-hydrogen) atoms. The fourth-order valence-electron chi connectivity index (χ4n) is 2.89. The first-order chi connectivity index (χ1) is 10.6. The summed E-state index contributed by atoms with van der Waals surface area (Å²) in [4.78, 5) is 13.9. The van der Waals surface area contributed by atoms with Crippen molar-refractivity contribution in [2.45, 2.75) is 19.9 Å². The van der Waals surface area contributed by atoms with Crippen LogP contribution in [-0.4, -0.2) is 30.9 Å². The highest BCUT2D eigenvalue weighted by molar-refractivity contribution is 6.32. The molecule has 0 spiro atoms. The molecule has 4 nitrogen and oxygen atoms in total. The van der Waals surface area contributed by atoms with Crippen LogP contribution in [0.4, 0.5) is 0 Å². The van der Waals surface area contributed by atoms with Crippen LogP contribution in [0.15, 0.2) is 22.6 Å². The summed E-state index contributed by atoms with van der Waals surface area (Å²) in [6.45, 7) is 4.24. The van der Waals surface area contributed by atoms with Crippen LogP contribution in [0.2, 0.25) is 5.02 Å². The van der Waals surface area contributed by atoms with Gasteiger partial charge in [-0.1, -0.05) is 11.6 Å². The van der Waals surface area contributed by atoms with Crippen LogP contribution in [0, 0.1) is 0 Å². The number of likely N-dealkylation sites (N-methyl/N-ethyl adjacent to an activating group) is 2. The molecule has 0 saturated heterocycles. The number of hydrogen-bond donors (Lipinski definition) is 1. The molecule has 0 atom stereocenters. The van der Waals surface area contributed by atoms with E-state index in [0.717, 1.165) is 52.4 Å². The Morgan fingerprint density at radius 2 is 2.27 bits per heavy atom. The first-order valence-corrected chi connectivity index (χ1v) is 7.85. The first kappa shape index (κ1) is 15.1. The van der Waals surface area contributed by atoms with Gasteiger partial charge in [0, 0.05) is 41.7 Å². The Morgan fingerprint density at radius 1 is 1.45 bits per heavy atom. The molecule has 0 unspecified atom stereocenters. The third-order valence-corrected chi connectivity index (χ3v) is 4.30. The van der Waals surface area contributed by atoms with Crippen molar-refractivity contribution in [3.05, 3.63) is 40.1 Å². The molecule has 2 aromatic rings. The van der Waals surface area contributed by atoms with Gasteiger partial charge in [0.25, 0.3) is 0 Å². The summed E-state index contributed by atoms with van der Waals surface area (Å²) in [5, 5.41) is 4.63. The van der Waals surface area contributed by atoms with E-state index in [1.807, 2.05) is 19.1 Å². The number of rotatable bonds is 3. The SMILES string of the molecule is CCNC(=O)C=Cc1oc2ccc(Cl)c3c2c1CN(C)CC3. The van der Waals surface area contributed by atoms with Crippen LogP contribution in [0.1, 0.15) is 23.8 Å². The quantitative estimate of drug-likeness (QED) is 0.884. The summed E-state index contributed by atoms with van der Waals surface area (Å²) in [6, 6.07) is 3.79. The summed E-state index contributed by atoms with van der Waals surface area (Å²) in [6.07, 6.45) is 4.17. The van der Waals surface area contributed by atoms with Crippen molar-refractivity contribution in [3.63, 3.8) is 0 Å². The normalized spacial score (nSPS) is 15.4. The zero-order chi connectivity index (χ0) is 15.7. The van der Waals surface area contributed by atoms with Gasteiger partial charge in [0.05, 0.1) is 0 Å². The lowest BCUT2D eigenvalue weighted by Crippen LogP contribution is -2.20. The molecule has 116 valence electrons. The Balaban J connectivity index is 2.10. The highest BCUT2D eigenvalue weighted by atomic mass is 35.5. The summed E-state index contributed by atoms with van der Waals surface area (Å²) in [7, 11) is 2.08. The number of hydrogen-bond acceptors (Lipinski definition) is 3. The molecule has 0 saturated carbocycles. The number of furan rings is 1. The Kier molecular flexibility index (Phi) is 4.23. The molecule has 1 aliphatic rings. The maximum absolute atomic E-state index is 11.6. The second-order valence-corrected chi connectivity index (χ2v) is 5.97. The highest BCUT2D eigenvalue weighted by Gasteiger charge is 2.22. The Labute approximate surface area is 134 Å². The molecule has 0 fully saturated rings.